The lowest BCUT2D eigenvalue weighted by atomic mass is 10.0. The first-order valence-electron chi connectivity index (χ1n) is 7.50. The Kier molecular flexibility index (Phi) is 4.86. The van der Waals surface area contributed by atoms with E-state index in [1.165, 1.54) is 25.3 Å². The van der Waals surface area contributed by atoms with Gasteiger partial charge in [0.05, 0.1) is 38.3 Å². The third kappa shape index (κ3) is 4.00. The van der Waals surface area contributed by atoms with Crippen LogP contribution >= 0.6 is 0 Å². The fourth-order valence-corrected chi connectivity index (χ4v) is 4.27. The molecule has 1 unspecified atom stereocenters. The van der Waals surface area contributed by atoms with E-state index in [1.807, 2.05) is 0 Å². The summed E-state index contributed by atoms with van der Waals surface area (Å²) in [6.07, 6.45) is 0.383. The summed E-state index contributed by atoms with van der Waals surface area (Å²) >= 11 is 0. The van der Waals surface area contributed by atoms with Crippen molar-refractivity contribution in [2.45, 2.75) is 25.2 Å². The molecule has 1 aromatic rings. The van der Waals surface area contributed by atoms with E-state index in [4.69, 9.17) is 14.2 Å². The van der Waals surface area contributed by atoms with Crippen molar-refractivity contribution in [3.8, 4) is 5.75 Å². The molecule has 3 atom stereocenters. The molecule has 0 spiro atoms. The Bertz CT molecular complexity index is 654. The van der Waals surface area contributed by atoms with Crippen molar-refractivity contribution in [2.75, 3.05) is 26.1 Å². The third-order valence-electron chi connectivity index (χ3n) is 4.20. The standard InChI is InChI=1S/C15H20FNO5S/c1-20-14-3-2-12(16)4-10(14)6-17-23(18,19)9-13-5-11-7-21-8-15(11)22-13/h2-4,11,13,15,17H,5-9H2,1H3/t11-,13?,15+/m1/s1. The predicted molar refractivity (Wildman–Crippen MR) is 81.2 cm³/mol. The SMILES string of the molecule is COc1ccc(F)cc1CNS(=O)(=O)CC1C[C@@H]2COC[C@@H]2O1. The van der Waals surface area contributed by atoms with Crippen LogP contribution in [0.25, 0.3) is 0 Å². The molecule has 2 saturated heterocycles. The molecule has 2 aliphatic heterocycles. The van der Waals surface area contributed by atoms with Crippen molar-refractivity contribution >= 4 is 10.0 Å². The molecule has 2 heterocycles. The van der Waals surface area contributed by atoms with E-state index in [2.05, 4.69) is 4.72 Å². The van der Waals surface area contributed by atoms with Gasteiger partial charge in [0.2, 0.25) is 10.0 Å². The fourth-order valence-electron chi connectivity index (χ4n) is 3.07. The van der Waals surface area contributed by atoms with Gasteiger partial charge in [-0.15, -0.1) is 0 Å². The normalized spacial score (nSPS) is 27.1. The van der Waals surface area contributed by atoms with Gasteiger partial charge in [-0.2, -0.15) is 0 Å². The first kappa shape index (κ1) is 16.6. The van der Waals surface area contributed by atoms with Gasteiger partial charge >= 0.3 is 0 Å². The first-order chi connectivity index (χ1) is 11.0. The maximum atomic E-state index is 13.3. The first-order valence-corrected chi connectivity index (χ1v) is 9.15. The Hall–Kier alpha value is -1.22. The molecule has 2 aliphatic rings. The Labute approximate surface area is 135 Å². The highest BCUT2D eigenvalue weighted by molar-refractivity contribution is 7.89. The van der Waals surface area contributed by atoms with Gasteiger partial charge in [-0.25, -0.2) is 17.5 Å². The van der Waals surface area contributed by atoms with Crippen LogP contribution < -0.4 is 9.46 Å². The van der Waals surface area contributed by atoms with Crippen molar-refractivity contribution in [1.82, 2.24) is 4.72 Å². The van der Waals surface area contributed by atoms with Crippen molar-refractivity contribution in [3.05, 3.63) is 29.6 Å². The van der Waals surface area contributed by atoms with Gasteiger partial charge in [0.1, 0.15) is 11.6 Å². The number of methoxy groups -OCH3 is 1. The van der Waals surface area contributed by atoms with Crippen molar-refractivity contribution in [3.63, 3.8) is 0 Å². The summed E-state index contributed by atoms with van der Waals surface area (Å²) < 4.78 is 56.3. The minimum atomic E-state index is -3.53. The zero-order valence-electron chi connectivity index (χ0n) is 12.8. The highest BCUT2D eigenvalue weighted by atomic mass is 32.2. The van der Waals surface area contributed by atoms with Crippen LogP contribution in [-0.4, -0.2) is 46.7 Å². The monoisotopic (exact) mass is 345 g/mol. The largest absolute Gasteiger partial charge is 0.496 e. The lowest BCUT2D eigenvalue weighted by molar-refractivity contribution is 0.0299. The van der Waals surface area contributed by atoms with Crippen LogP contribution in [0.5, 0.6) is 5.75 Å². The molecule has 23 heavy (non-hydrogen) atoms. The van der Waals surface area contributed by atoms with Gasteiger partial charge in [-0.1, -0.05) is 0 Å². The molecule has 3 rings (SSSR count). The van der Waals surface area contributed by atoms with Gasteiger partial charge in [0.15, 0.2) is 0 Å². The minimum Gasteiger partial charge on any atom is -0.496 e. The van der Waals surface area contributed by atoms with E-state index >= 15 is 0 Å². The predicted octanol–water partition coefficient (Wildman–Crippen LogP) is 1.06. The number of sulfonamides is 1. The Balaban J connectivity index is 1.58. The van der Waals surface area contributed by atoms with Gasteiger partial charge in [0.25, 0.3) is 0 Å². The smallest absolute Gasteiger partial charge is 0.214 e. The van der Waals surface area contributed by atoms with Gasteiger partial charge in [0, 0.05) is 18.0 Å². The quantitative estimate of drug-likeness (QED) is 0.834. The molecule has 0 bridgehead atoms. The maximum absolute atomic E-state index is 13.3. The number of nitrogens with one attached hydrogen (secondary N) is 1. The van der Waals surface area contributed by atoms with Gasteiger partial charge < -0.3 is 14.2 Å². The van der Waals surface area contributed by atoms with Crippen LogP contribution in [-0.2, 0) is 26.0 Å². The van der Waals surface area contributed by atoms with E-state index in [0.29, 0.717) is 36.9 Å². The van der Waals surface area contributed by atoms with E-state index in [-0.39, 0.29) is 24.5 Å². The summed E-state index contributed by atoms with van der Waals surface area (Å²) in [7, 11) is -2.07. The second-order valence-corrected chi connectivity index (χ2v) is 7.74. The van der Waals surface area contributed by atoms with E-state index in [9.17, 15) is 12.8 Å². The molecule has 0 aliphatic carbocycles. The van der Waals surface area contributed by atoms with Crippen molar-refractivity contribution in [1.29, 1.82) is 0 Å². The topological polar surface area (TPSA) is 73.9 Å². The third-order valence-corrected chi connectivity index (χ3v) is 5.60. The highest BCUT2D eigenvalue weighted by Crippen LogP contribution is 2.31. The molecule has 0 radical (unpaired) electrons. The average Bonchev–Trinajstić information content (AvgIpc) is 3.06. The van der Waals surface area contributed by atoms with Crippen LogP contribution in [0.2, 0.25) is 0 Å². The summed E-state index contributed by atoms with van der Waals surface area (Å²) in [5.41, 5.74) is 0.452. The summed E-state index contributed by atoms with van der Waals surface area (Å²) in [6, 6.07) is 4.00. The maximum Gasteiger partial charge on any atom is 0.214 e. The second-order valence-electron chi connectivity index (χ2n) is 5.89. The number of fused-ring (bicyclic) bond motifs is 1. The molecular formula is C15H20FNO5S. The summed E-state index contributed by atoms with van der Waals surface area (Å²) in [4.78, 5) is 0. The Morgan fingerprint density at radius 3 is 2.96 bits per heavy atom. The molecule has 8 heteroatoms. The van der Waals surface area contributed by atoms with Crippen LogP contribution in [0.1, 0.15) is 12.0 Å². The Morgan fingerprint density at radius 2 is 2.22 bits per heavy atom. The molecule has 0 amide bonds. The summed E-state index contributed by atoms with van der Waals surface area (Å²) in [5.74, 6) is 0.195. The summed E-state index contributed by atoms with van der Waals surface area (Å²) in [5, 5.41) is 0. The molecule has 6 nitrogen and oxygen atoms in total. The number of ether oxygens (including phenoxy) is 3. The van der Waals surface area contributed by atoms with E-state index in [0.717, 1.165) is 0 Å². The van der Waals surface area contributed by atoms with Gasteiger partial charge in [-0.05, 0) is 24.6 Å². The number of hydrogen-bond acceptors (Lipinski definition) is 5. The number of rotatable bonds is 6. The zero-order valence-corrected chi connectivity index (χ0v) is 13.6. The Morgan fingerprint density at radius 1 is 1.39 bits per heavy atom. The molecule has 0 aromatic heterocycles. The molecular weight excluding hydrogens is 325 g/mol. The van der Waals surface area contributed by atoms with Crippen LogP contribution in [0.15, 0.2) is 18.2 Å². The zero-order chi connectivity index (χ0) is 16.4. The van der Waals surface area contributed by atoms with E-state index in [1.54, 1.807) is 0 Å². The number of halogens is 1. The summed E-state index contributed by atoms with van der Waals surface area (Å²) in [6.45, 7) is 1.15. The lowest BCUT2D eigenvalue weighted by Crippen LogP contribution is -2.32. The second kappa shape index (κ2) is 6.72. The average molecular weight is 345 g/mol. The number of benzene rings is 1. The molecule has 128 valence electrons. The highest BCUT2D eigenvalue weighted by Gasteiger charge is 2.40. The van der Waals surface area contributed by atoms with Crippen molar-refractivity contribution in [2.24, 2.45) is 5.92 Å². The number of hydrogen-bond donors (Lipinski definition) is 1. The molecule has 0 saturated carbocycles. The molecule has 1 N–H and O–H groups in total. The van der Waals surface area contributed by atoms with Crippen LogP contribution in [0.3, 0.4) is 0 Å². The minimum absolute atomic E-state index is 0.0125. The van der Waals surface area contributed by atoms with E-state index < -0.39 is 15.8 Å². The van der Waals surface area contributed by atoms with Crippen LogP contribution in [0.4, 0.5) is 4.39 Å². The van der Waals surface area contributed by atoms with Gasteiger partial charge in [-0.3, -0.25) is 0 Å². The molecule has 1 aromatic carbocycles. The van der Waals surface area contributed by atoms with Crippen molar-refractivity contribution < 1.29 is 27.0 Å². The van der Waals surface area contributed by atoms with Crippen LogP contribution in [0, 0.1) is 11.7 Å². The lowest BCUT2D eigenvalue weighted by Gasteiger charge is -2.14. The fraction of sp³-hybridized carbons (Fsp3) is 0.600. The molecule has 2 fully saturated rings.